The fourth-order valence-corrected chi connectivity index (χ4v) is 2.36. The molecule has 0 aliphatic heterocycles. The van der Waals surface area contributed by atoms with Crippen molar-refractivity contribution in [2.75, 3.05) is 11.5 Å². The van der Waals surface area contributed by atoms with Gasteiger partial charge in [0.25, 0.3) is 0 Å². The van der Waals surface area contributed by atoms with Gasteiger partial charge in [0.15, 0.2) is 5.65 Å². The molecule has 0 spiro atoms. The van der Waals surface area contributed by atoms with Gasteiger partial charge in [-0.15, -0.1) is 0 Å². The van der Waals surface area contributed by atoms with Crippen LogP contribution in [0.25, 0.3) is 22.3 Å². The Morgan fingerprint density at radius 2 is 1.55 bits per heavy atom. The van der Waals surface area contributed by atoms with Crippen LogP contribution in [0, 0.1) is 13.8 Å². The molecule has 2 aromatic heterocycles. The van der Waals surface area contributed by atoms with E-state index in [1.165, 1.54) is 0 Å². The molecular weight excluding hydrogens is 250 g/mol. The van der Waals surface area contributed by atoms with Crippen molar-refractivity contribution in [3.63, 3.8) is 0 Å². The van der Waals surface area contributed by atoms with Gasteiger partial charge in [0, 0.05) is 5.56 Å². The van der Waals surface area contributed by atoms with Crippen molar-refractivity contribution in [1.29, 1.82) is 0 Å². The van der Waals surface area contributed by atoms with Crippen LogP contribution >= 0.6 is 0 Å². The highest BCUT2D eigenvalue weighted by molar-refractivity contribution is 5.92. The summed E-state index contributed by atoms with van der Waals surface area (Å²) in [5.41, 5.74) is 16.2. The van der Waals surface area contributed by atoms with Crippen LogP contribution in [-0.4, -0.2) is 15.0 Å². The molecule has 100 valence electrons. The summed E-state index contributed by atoms with van der Waals surface area (Å²) in [6.45, 7) is 4.03. The van der Waals surface area contributed by atoms with Crippen LogP contribution in [0.3, 0.4) is 0 Å². The van der Waals surface area contributed by atoms with Gasteiger partial charge in [-0.1, -0.05) is 30.3 Å². The van der Waals surface area contributed by atoms with Gasteiger partial charge < -0.3 is 11.5 Å². The molecule has 0 amide bonds. The van der Waals surface area contributed by atoms with Gasteiger partial charge in [-0.2, -0.15) is 9.97 Å². The minimum atomic E-state index is 0.143. The molecule has 0 bridgehead atoms. The van der Waals surface area contributed by atoms with E-state index in [4.69, 9.17) is 11.5 Å². The van der Waals surface area contributed by atoms with E-state index in [1.54, 1.807) is 0 Å². The average molecular weight is 265 g/mol. The molecule has 3 rings (SSSR count). The second-order valence-electron chi connectivity index (χ2n) is 4.74. The quantitative estimate of drug-likeness (QED) is 0.705. The number of fused-ring (bicyclic) bond motifs is 1. The van der Waals surface area contributed by atoms with E-state index in [2.05, 4.69) is 15.0 Å². The van der Waals surface area contributed by atoms with Crippen LogP contribution in [0.5, 0.6) is 0 Å². The van der Waals surface area contributed by atoms with Crippen molar-refractivity contribution in [2.45, 2.75) is 13.8 Å². The molecule has 20 heavy (non-hydrogen) atoms. The first-order valence-corrected chi connectivity index (χ1v) is 6.33. The predicted octanol–water partition coefficient (Wildman–Crippen LogP) is 2.47. The van der Waals surface area contributed by atoms with Crippen molar-refractivity contribution >= 4 is 22.8 Å². The van der Waals surface area contributed by atoms with E-state index in [0.717, 1.165) is 27.8 Å². The first-order valence-electron chi connectivity index (χ1n) is 6.33. The summed E-state index contributed by atoms with van der Waals surface area (Å²) in [4.78, 5) is 12.8. The van der Waals surface area contributed by atoms with Crippen molar-refractivity contribution in [3.05, 3.63) is 41.5 Å². The average Bonchev–Trinajstić information content (AvgIpc) is 2.43. The molecule has 1 aromatic carbocycles. The molecule has 3 aromatic rings. The van der Waals surface area contributed by atoms with Gasteiger partial charge in [0.1, 0.15) is 5.82 Å². The minimum absolute atomic E-state index is 0.143. The molecule has 0 atom stereocenters. The van der Waals surface area contributed by atoms with E-state index in [-0.39, 0.29) is 5.95 Å². The molecule has 0 saturated heterocycles. The number of nitrogens with two attached hydrogens (primary N) is 2. The van der Waals surface area contributed by atoms with E-state index < -0.39 is 0 Å². The van der Waals surface area contributed by atoms with Gasteiger partial charge in [0.2, 0.25) is 5.95 Å². The largest absolute Gasteiger partial charge is 0.383 e. The van der Waals surface area contributed by atoms with Crippen molar-refractivity contribution in [2.24, 2.45) is 0 Å². The third-order valence-electron chi connectivity index (χ3n) is 3.49. The summed E-state index contributed by atoms with van der Waals surface area (Å²) in [5, 5.41) is 0.774. The lowest BCUT2D eigenvalue weighted by molar-refractivity contribution is 1.18. The summed E-state index contributed by atoms with van der Waals surface area (Å²) in [6, 6.07) is 9.99. The fraction of sp³-hybridized carbons (Fsp3) is 0.133. The van der Waals surface area contributed by atoms with Crippen molar-refractivity contribution < 1.29 is 0 Å². The first-order chi connectivity index (χ1) is 9.58. The number of aryl methyl sites for hydroxylation is 1. The second kappa shape index (κ2) is 4.45. The Morgan fingerprint density at radius 1 is 0.850 bits per heavy atom. The SMILES string of the molecule is Cc1c(-c2ccccc2)nc2nc(N)nc(N)c2c1C. The predicted molar refractivity (Wildman–Crippen MR) is 81.1 cm³/mol. The highest BCUT2D eigenvalue weighted by Crippen LogP contribution is 2.30. The zero-order valence-corrected chi connectivity index (χ0v) is 11.4. The molecule has 5 nitrogen and oxygen atoms in total. The topological polar surface area (TPSA) is 90.7 Å². The number of nitrogen functional groups attached to an aromatic ring is 2. The molecule has 5 heteroatoms. The Morgan fingerprint density at radius 3 is 2.25 bits per heavy atom. The molecule has 2 heterocycles. The maximum Gasteiger partial charge on any atom is 0.224 e. The van der Waals surface area contributed by atoms with Crippen molar-refractivity contribution in [1.82, 2.24) is 15.0 Å². The summed E-state index contributed by atoms with van der Waals surface area (Å²) in [6.07, 6.45) is 0. The number of benzene rings is 1. The van der Waals surface area contributed by atoms with Crippen LogP contribution < -0.4 is 11.5 Å². The second-order valence-corrected chi connectivity index (χ2v) is 4.74. The number of hydrogen-bond donors (Lipinski definition) is 2. The third kappa shape index (κ3) is 1.84. The molecule has 0 radical (unpaired) electrons. The number of aromatic nitrogens is 3. The zero-order chi connectivity index (χ0) is 14.3. The summed E-state index contributed by atoms with van der Waals surface area (Å²) in [7, 11) is 0. The highest BCUT2D eigenvalue weighted by Gasteiger charge is 2.14. The molecule has 0 fully saturated rings. The molecule has 0 aliphatic rings. The Bertz CT molecular complexity index is 796. The normalized spacial score (nSPS) is 10.9. The van der Waals surface area contributed by atoms with Gasteiger partial charge >= 0.3 is 0 Å². The fourth-order valence-electron chi connectivity index (χ4n) is 2.36. The molecular formula is C15H15N5. The van der Waals surface area contributed by atoms with E-state index >= 15 is 0 Å². The third-order valence-corrected chi connectivity index (χ3v) is 3.49. The standard InChI is InChI=1S/C15H15N5/c1-8-9(2)12(10-6-4-3-5-7-10)18-14-11(8)13(16)19-15(17)20-14/h3-7H,1-2H3,(H4,16,17,18,19,20). The van der Waals surface area contributed by atoms with Crippen LogP contribution in [0.1, 0.15) is 11.1 Å². The highest BCUT2D eigenvalue weighted by atomic mass is 15.1. The number of hydrogen-bond acceptors (Lipinski definition) is 5. The van der Waals surface area contributed by atoms with E-state index in [9.17, 15) is 0 Å². The lowest BCUT2D eigenvalue weighted by Crippen LogP contribution is -2.05. The molecule has 0 aliphatic carbocycles. The lowest BCUT2D eigenvalue weighted by atomic mass is 10.0. The van der Waals surface area contributed by atoms with E-state index in [0.29, 0.717) is 11.5 Å². The Labute approximate surface area is 116 Å². The smallest absolute Gasteiger partial charge is 0.224 e. The summed E-state index contributed by atoms with van der Waals surface area (Å²) >= 11 is 0. The number of nitrogens with zero attached hydrogens (tertiary/aromatic N) is 3. The van der Waals surface area contributed by atoms with Gasteiger partial charge in [-0.25, -0.2) is 4.98 Å². The van der Waals surface area contributed by atoms with Crippen molar-refractivity contribution in [3.8, 4) is 11.3 Å². The van der Waals surface area contributed by atoms with Crippen LogP contribution in [-0.2, 0) is 0 Å². The number of rotatable bonds is 1. The first kappa shape index (κ1) is 12.3. The van der Waals surface area contributed by atoms with Crippen LogP contribution in [0.15, 0.2) is 30.3 Å². The Kier molecular flexibility index (Phi) is 2.75. The van der Waals surface area contributed by atoms with E-state index in [1.807, 2.05) is 44.2 Å². The van der Waals surface area contributed by atoms with Gasteiger partial charge in [0.05, 0.1) is 11.1 Å². The Hall–Kier alpha value is -2.69. The monoisotopic (exact) mass is 265 g/mol. The lowest BCUT2D eigenvalue weighted by Gasteiger charge is -2.12. The maximum absolute atomic E-state index is 5.94. The molecule has 0 saturated carbocycles. The van der Waals surface area contributed by atoms with Crippen LogP contribution in [0.2, 0.25) is 0 Å². The zero-order valence-electron chi connectivity index (χ0n) is 11.4. The summed E-state index contributed by atoms with van der Waals surface area (Å²) < 4.78 is 0. The molecule has 0 unspecified atom stereocenters. The maximum atomic E-state index is 5.94. The van der Waals surface area contributed by atoms with Gasteiger partial charge in [-0.05, 0) is 25.0 Å². The number of anilines is 2. The summed E-state index contributed by atoms with van der Waals surface area (Å²) in [5.74, 6) is 0.518. The molecule has 4 N–H and O–H groups in total. The minimum Gasteiger partial charge on any atom is -0.383 e. The Balaban J connectivity index is 2.39. The van der Waals surface area contributed by atoms with Gasteiger partial charge in [-0.3, -0.25) is 0 Å². The van der Waals surface area contributed by atoms with Crippen LogP contribution in [0.4, 0.5) is 11.8 Å². The number of pyridine rings is 1.